The smallest absolute Gasteiger partial charge is 0.319 e. The van der Waals surface area contributed by atoms with Crippen LogP contribution in [-0.2, 0) is 4.79 Å². The van der Waals surface area contributed by atoms with Gasteiger partial charge in [0.05, 0.1) is 7.11 Å². The molecule has 0 bridgehead atoms. The van der Waals surface area contributed by atoms with E-state index in [1.54, 1.807) is 55.3 Å². The lowest BCUT2D eigenvalue weighted by atomic mass is 10.2. The van der Waals surface area contributed by atoms with Crippen molar-refractivity contribution in [1.82, 2.24) is 5.32 Å². The lowest BCUT2D eigenvalue weighted by Gasteiger charge is -2.18. The zero-order valence-electron chi connectivity index (χ0n) is 14.6. The van der Waals surface area contributed by atoms with Gasteiger partial charge in [-0.05, 0) is 61.4 Å². The predicted molar refractivity (Wildman–Crippen MR) is 97.0 cm³/mol. The van der Waals surface area contributed by atoms with Crippen molar-refractivity contribution in [2.45, 2.75) is 19.4 Å². The highest BCUT2D eigenvalue weighted by atomic mass is 19.1. The minimum atomic E-state index is -0.612. The van der Waals surface area contributed by atoms with E-state index in [0.29, 0.717) is 35.7 Å². The van der Waals surface area contributed by atoms with Crippen LogP contribution in [0.5, 0.6) is 5.75 Å². The Morgan fingerprint density at radius 3 is 2.62 bits per heavy atom. The fraction of sp³-hybridized carbons (Fsp3) is 0.263. The van der Waals surface area contributed by atoms with Gasteiger partial charge in [-0.2, -0.15) is 0 Å². The van der Waals surface area contributed by atoms with Crippen molar-refractivity contribution in [3.63, 3.8) is 0 Å². The van der Waals surface area contributed by atoms with E-state index >= 15 is 0 Å². The Hall–Kier alpha value is -3.09. The largest absolute Gasteiger partial charge is 0.497 e. The third-order valence-corrected chi connectivity index (χ3v) is 4.31. The SMILES string of the molecule is COc1ccc(NC(=O)NC2CCN(c3ccc(F)c(C)c3)C2=O)cc1. The normalized spacial score (nSPS) is 16.5. The van der Waals surface area contributed by atoms with Crippen molar-refractivity contribution >= 4 is 23.3 Å². The Labute approximate surface area is 150 Å². The zero-order chi connectivity index (χ0) is 18.7. The minimum Gasteiger partial charge on any atom is -0.497 e. The van der Waals surface area contributed by atoms with Crippen molar-refractivity contribution in [1.29, 1.82) is 0 Å². The number of aryl methyl sites for hydroxylation is 1. The molecule has 0 saturated carbocycles. The monoisotopic (exact) mass is 357 g/mol. The van der Waals surface area contributed by atoms with Crippen LogP contribution in [-0.4, -0.2) is 31.6 Å². The summed E-state index contributed by atoms with van der Waals surface area (Å²) in [6.45, 7) is 2.12. The van der Waals surface area contributed by atoms with Gasteiger partial charge in [0, 0.05) is 17.9 Å². The van der Waals surface area contributed by atoms with Crippen LogP contribution in [0.1, 0.15) is 12.0 Å². The van der Waals surface area contributed by atoms with Gasteiger partial charge in [-0.1, -0.05) is 0 Å². The van der Waals surface area contributed by atoms with Gasteiger partial charge in [0.25, 0.3) is 0 Å². The maximum absolute atomic E-state index is 13.4. The molecule has 2 aromatic rings. The number of hydrogen-bond donors (Lipinski definition) is 2. The molecule has 1 atom stereocenters. The van der Waals surface area contributed by atoms with Gasteiger partial charge in [0.2, 0.25) is 5.91 Å². The van der Waals surface area contributed by atoms with E-state index < -0.39 is 12.1 Å². The fourth-order valence-electron chi connectivity index (χ4n) is 2.87. The van der Waals surface area contributed by atoms with Crippen LogP contribution in [0.15, 0.2) is 42.5 Å². The van der Waals surface area contributed by atoms with E-state index in [1.165, 1.54) is 6.07 Å². The van der Waals surface area contributed by atoms with E-state index in [2.05, 4.69) is 10.6 Å². The summed E-state index contributed by atoms with van der Waals surface area (Å²) in [6.07, 6.45) is 0.491. The van der Waals surface area contributed by atoms with E-state index in [0.717, 1.165) is 0 Å². The van der Waals surface area contributed by atoms with E-state index in [9.17, 15) is 14.0 Å². The molecule has 1 heterocycles. The Morgan fingerprint density at radius 2 is 1.96 bits per heavy atom. The fourth-order valence-corrected chi connectivity index (χ4v) is 2.87. The molecule has 1 saturated heterocycles. The third-order valence-electron chi connectivity index (χ3n) is 4.31. The van der Waals surface area contributed by atoms with Gasteiger partial charge in [0.15, 0.2) is 0 Å². The molecule has 1 fully saturated rings. The lowest BCUT2D eigenvalue weighted by molar-refractivity contribution is -0.118. The highest BCUT2D eigenvalue weighted by Gasteiger charge is 2.33. The van der Waals surface area contributed by atoms with Crippen molar-refractivity contribution in [3.8, 4) is 5.75 Å². The summed E-state index contributed by atoms with van der Waals surface area (Å²) in [4.78, 5) is 26.2. The molecule has 3 rings (SSSR count). The summed E-state index contributed by atoms with van der Waals surface area (Å²) in [5.41, 5.74) is 1.71. The number of methoxy groups -OCH3 is 1. The van der Waals surface area contributed by atoms with Crippen LogP contribution in [0.25, 0.3) is 0 Å². The molecule has 0 radical (unpaired) electrons. The molecule has 7 heteroatoms. The second-order valence-corrected chi connectivity index (χ2v) is 6.09. The topological polar surface area (TPSA) is 70.7 Å². The molecular weight excluding hydrogens is 337 g/mol. The third kappa shape index (κ3) is 3.77. The zero-order valence-corrected chi connectivity index (χ0v) is 14.6. The number of urea groups is 1. The standard InChI is InChI=1S/C19H20FN3O3/c1-12-11-14(5-8-16(12)20)23-10-9-17(18(23)24)22-19(25)21-13-3-6-15(26-2)7-4-13/h3-8,11,17H,9-10H2,1-2H3,(H2,21,22,25). The first kappa shape index (κ1) is 17.7. The van der Waals surface area contributed by atoms with Crippen LogP contribution < -0.4 is 20.3 Å². The molecule has 0 spiro atoms. The second-order valence-electron chi connectivity index (χ2n) is 6.09. The van der Waals surface area contributed by atoms with Crippen LogP contribution in [0.3, 0.4) is 0 Å². The number of nitrogens with one attached hydrogen (secondary N) is 2. The molecular formula is C19H20FN3O3. The van der Waals surface area contributed by atoms with E-state index in [1.807, 2.05) is 0 Å². The minimum absolute atomic E-state index is 0.208. The lowest BCUT2D eigenvalue weighted by Crippen LogP contribution is -2.43. The van der Waals surface area contributed by atoms with Crippen LogP contribution >= 0.6 is 0 Å². The second kappa shape index (κ2) is 7.43. The predicted octanol–water partition coefficient (Wildman–Crippen LogP) is 3.07. The summed E-state index contributed by atoms with van der Waals surface area (Å²) < 4.78 is 18.5. The number of halogens is 1. The highest BCUT2D eigenvalue weighted by molar-refractivity contribution is 6.02. The summed E-state index contributed by atoms with van der Waals surface area (Å²) in [7, 11) is 1.56. The van der Waals surface area contributed by atoms with Gasteiger partial charge in [-0.3, -0.25) is 4.79 Å². The molecule has 136 valence electrons. The van der Waals surface area contributed by atoms with Gasteiger partial charge < -0.3 is 20.3 Å². The number of nitrogens with zero attached hydrogens (tertiary/aromatic N) is 1. The first-order chi connectivity index (χ1) is 12.5. The average Bonchev–Trinajstić information content (AvgIpc) is 2.98. The van der Waals surface area contributed by atoms with Gasteiger partial charge in [-0.15, -0.1) is 0 Å². The van der Waals surface area contributed by atoms with E-state index in [4.69, 9.17) is 4.74 Å². The quantitative estimate of drug-likeness (QED) is 0.883. The number of benzene rings is 2. The maximum atomic E-state index is 13.4. The van der Waals surface area contributed by atoms with Crippen molar-refractivity contribution in [2.24, 2.45) is 0 Å². The number of carbonyl (C=O) groups excluding carboxylic acids is 2. The van der Waals surface area contributed by atoms with Crippen molar-refractivity contribution in [3.05, 3.63) is 53.8 Å². The molecule has 0 aliphatic carbocycles. The first-order valence-corrected chi connectivity index (χ1v) is 8.27. The molecule has 1 aliphatic rings. The Balaban J connectivity index is 1.60. The molecule has 0 aromatic heterocycles. The number of ether oxygens (including phenoxy) is 1. The van der Waals surface area contributed by atoms with Crippen LogP contribution in [0.4, 0.5) is 20.6 Å². The maximum Gasteiger partial charge on any atom is 0.319 e. The van der Waals surface area contributed by atoms with Gasteiger partial charge in [0.1, 0.15) is 17.6 Å². The highest BCUT2D eigenvalue weighted by Crippen LogP contribution is 2.24. The van der Waals surface area contributed by atoms with E-state index in [-0.39, 0.29) is 11.7 Å². The van der Waals surface area contributed by atoms with Crippen molar-refractivity contribution < 1.29 is 18.7 Å². The molecule has 6 nitrogen and oxygen atoms in total. The van der Waals surface area contributed by atoms with Crippen LogP contribution in [0.2, 0.25) is 0 Å². The summed E-state index contributed by atoms with van der Waals surface area (Å²) >= 11 is 0. The van der Waals surface area contributed by atoms with Gasteiger partial charge >= 0.3 is 6.03 Å². The van der Waals surface area contributed by atoms with Crippen LogP contribution in [0, 0.1) is 12.7 Å². The molecule has 2 aromatic carbocycles. The first-order valence-electron chi connectivity index (χ1n) is 8.27. The molecule has 1 aliphatic heterocycles. The number of carbonyl (C=O) groups is 2. The molecule has 1 unspecified atom stereocenters. The molecule has 26 heavy (non-hydrogen) atoms. The number of hydrogen-bond acceptors (Lipinski definition) is 3. The van der Waals surface area contributed by atoms with Gasteiger partial charge in [-0.25, -0.2) is 9.18 Å². The average molecular weight is 357 g/mol. The summed E-state index contributed by atoms with van der Waals surface area (Å²) in [5.74, 6) is 0.169. The summed E-state index contributed by atoms with van der Waals surface area (Å²) in [5, 5.41) is 5.37. The molecule has 2 N–H and O–H groups in total. The number of anilines is 2. The molecule has 3 amide bonds. The number of rotatable bonds is 4. The Morgan fingerprint density at radius 1 is 1.23 bits per heavy atom. The Kier molecular flexibility index (Phi) is 5.06. The summed E-state index contributed by atoms with van der Waals surface area (Å²) in [6, 6.07) is 10.4. The van der Waals surface area contributed by atoms with Crippen molar-refractivity contribution in [2.75, 3.05) is 23.9 Å². The Bertz CT molecular complexity index is 823. The number of amides is 3.